The minimum Gasteiger partial charge on any atom is -0.481 e. The highest BCUT2D eigenvalue weighted by Gasteiger charge is 2.23. The molecule has 2 aromatic rings. The number of rotatable bonds is 4. The highest BCUT2D eigenvalue weighted by atomic mass is 79.9. The molecule has 0 unspecified atom stereocenters. The van der Waals surface area contributed by atoms with Crippen molar-refractivity contribution in [1.29, 1.82) is 5.26 Å². The third-order valence-corrected chi connectivity index (χ3v) is 4.58. The summed E-state index contributed by atoms with van der Waals surface area (Å²) in [6.45, 7) is 1.92. The van der Waals surface area contributed by atoms with Gasteiger partial charge in [-0.25, -0.2) is 9.37 Å². The van der Waals surface area contributed by atoms with Crippen molar-refractivity contribution in [3.63, 3.8) is 0 Å². The highest BCUT2D eigenvalue weighted by molar-refractivity contribution is 9.10. The van der Waals surface area contributed by atoms with Gasteiger partial charge in [0, 0.05) is 36.8 Å². The molecule has 0 atom stereocenters. The molecule has 6 nitrogen and oxygen atoms in total. The van der Waals surface area contributed by atoms with Crippen LogP contribution in [0.5, 0.6) is 5.75 Å². The van der Waals surface area contributed by atoms with Crippen molar-refractivity contribution in [2.24, 2.45) is 0 Å². The lowest BCUT2D eigenvalue weighted by molar-refractivity contribution is -0.133. The number of hydrogen-bond acceptors (Lipinski definition) is 5. The Hall–Kier alpha value is -2.66. The Morgan fingerprint density at radius 2 is 2.08 bits per heavy atom. The third-order valence-electron chi connectivity index (χ3n) is 4.08. The molecule has 0 bridgehead atoms. The van der Waals surface area contributed by atoms with Crippen molar-refractivity contribution in [3.05, 3.63) is 52.4 Å². The number of piperazine rings is 1. The Labute approximate surface area is 158 Å². The molecule has 26 heavy (non-hydrogen) atoms. The van der Waals surface area contributed by atoms with Crippen LogP contribution in [0, 0.1) is 17.1 Å². The molecule has 1 aliphatic rings. The first-order chi connectivity index (χ1) is 12.6. The van der Waals surface area contributed by atoms with Crippen LogP contribution in [0.25, 0.3) is 0 Å². The largest absolute Gasteiger partial charge is 0.481 e. The van der Waals surface area contributed by atoms with Crippen molar-refractivity contribution in [2.45, 2.75) is 0 Å². The van der Waals surface area contributed by atoms with E-state index < -0.39 is 5.82 Å². The average Bonchev–Trinajstić information content (AvgIpc) is 2.67. The smallest absolute Gasteiger partial charge is 0.260 e. The minimum absolute atomic E-state index is 0.0485. The van der Waals surface area contributed by atoms with Gasteiger partial charge in [-0.1, -0.05) is 15.9 Å². The van der Waals surface area contributed by atoms with E-state index in [0.717, 1.165) is 0 Å². The van der Waals surface area contributed by atoms with E-state index in [-0.39, 0.29) is 18.3 Å². The molecule has 0 spiro atoms. The van der Waals surface area contributed by atoms with Gasteiger partial charge >= 0.3 is 0 Å². The molecule has 1 aromatic heterocycles. The molecule has 2 heterocycles. The monoisotopic (exact) mass is 418 g/mol. The van der Waals surface area contributed by atoms with Gasteiger partial charge < -0.3 is 14.5 Å². The molecule has 134 valence electrons. The Bertz CT molecular complexity index is 847. The molecule has 0 radical (unpaired) electrons. The molecule has 0 aliphatic carbocycles. The topological polar surface area (TPSA) is 69.5 Å². The first-order valence-corrected chi connectivity index (χ1v) is 8.83. The lowest BCUT2D eigenvalue weighted by Gasteiger charge is -2.35. The molecule has 1 saturated heterocycles. The van der Waals surface area contributed by atoms with E-state index >= 15 is 0 Å². The van der Waals surface area contributed by atoms with Crippen molar-refractivity contribution in [2.75, 3.05) is 37.7 Å². The van der Waals surface area contributed by atoms with Crippen molar-refractivity contribution in [3.8, 4) is 11.8 Å². The van der Waals surface area contributed by atoms with Crippen LogP contribution in [-0.2, 0) is 4.79 Å². The number of pyridine rings is 1. The van der Waals surface area contributed by atoms with E-state index in [9.17, 15) is 14.4 Å². The number of halogens is 2. The molecule has 1 aliphatic heterocycles. The molecule has 1 amide bonds. The fourth-order valence-corrected chi connectivity index (χ4v) is 3.06. The summed E-state index contributed by atoms with van der Waals surface area (Å²) in [6, 6.07) is 10.0. The highest BCUT2D eigenvalue weighted by Crippen LogP contribution is 2.22. The van der Waals surface area contributed by atoms with Gasteiger partial charge in [0.2, 0.25) is 0 Å². The van der Waals surface area contributed by atoms with Crippen LogP contribution in [0.4, 0.5) is 10.2 Å². The number of carbonyl (C=O) groups is 1. The molecule has 3 rings (SSSR count). The second kappa shape index (κ2) is 8.15. The predicted molar refractivity (Wildman–Crippen MR) is 97.3 cm³/mol. The Kier molecular flexibility index (Phi) is 5.68. The number of ether oxygens (including phenoxy) is 1. The van der Waals surface area contributed by atoms with E-state index in [4.69, 9.17) is 4.74 Å². The minimum atomic E-state index is -0.517. The predicted octanol–water partition coefficient (Wildman–Crippen LogP) is 2.58. The number of aromatic nitrogens is 1. The number of hydrogen-bond donors (Lipinski definition) is 0. The maximum atomic E-state index is 13.7. The summed E-state index contributed by atoms with van der Waals surface area (Å²) in [7, 11) is 0. The fraction of sp³-hybridized carbons (Fsp3) is 0.278. The van der Waals surface area contributed by atoms with Crippen molar-refractivity contribution < 1.29 is 13.9 Å². The van der Waals surface area contributed by atoms with E-state index in [1.165, 1.54) is 12.1 Å². The summed E-state index contributed by atoms with van der Waals surface area (Å²) >= 11 is 3.17. The van der Waals surface area contributed by atoms with E-state index in [1.54, 1.807) is 29.3 Å². The molecular weight excluding hydrogens is 403 g/mol. The van der Waals surface area contributed by atoms with Crippen LogP contribution in [0.1, 0.15) is 5.56 Å². The average molecular weight is 419 g/mol. The first kappa shape index (κ1) is 18.1. The quantitative estimate of drug-likeness (QED) is 0.762. The van der Waals surface area contributed by atoms with Gasteiger partial charge in [-0.15, -0.1) is 0 Å². The van der Waals surface area contributed by atoms with Gasteiger partial charge in [0.1, 0.15) is 11.9 Å². The Morgan fingerprint density at radius 3 is 2.77 bits per heavy atom. The van der Waals surface area contributed by atoms with Gasteiger partial charge in [0.05, 0.1) is 5.56 Å². The van der Waals surface area contributed by atoms with Gasteiger partial charge in [-0.2, -0.15) is 5.26 Å². The summed E-state index contributed by atoms with van der Waals surface area (Å²) < 4.78 is 19.6. The zero-order valence-electron chi connectivity index (χ0n) is 13.9. The maximum Gasteiger partial charge on any atom is 0.260 e. The number of carbonyl (C=O) groups excluding carboxylic acids is 1. The SMILES string of the molecule is N#Cc1cccnc1N1CCN(C(=O)COc2ccc(Br)cc2F)CC1. The zero-order chi connectivity index (χ0) is 18.5. The standard InChI is InChI=1S/C18H16BrFN4O2/c19-14-3-4-16(15(20)10-14)26-12-17(25)23-6-8-24(9-7-23)18-13(11-21)2-1-5-22-18/h1-5,10H,6-9,12H2. The Morgan fingerprint density at radius 1 is 1.31 bits per heavy atom. The number of anilines is 1. The second-order valence-electron chi connectivity index (χ2n) is 5.72. The van der Waals surface area contributed by atoms with Crippen molar-refractivity contribution >= 4 is 27.7 Å². The zero-order valence-corrected chi connectivity index (χ0v) is 15.4. The normalized spacial score (nSPS) is 14.0. The summed E-state index contributed by atoms with van der Waals surface area (Å²) in [6.07, 6.45) is 1.65. The molecule has 1 aromatic carbocycles. The number of nitrogens with zero attached hydrogens (tertiary/aromatic N) is 4. The molecule has 1 fully saturated rings. The van der Waals surface area contributed by atoms with Gasteiger partial charge in [-0.05, 0) is 30.3 Å². The molecule has 8 heteroatoms. The first-order valence-electron chi connectivity index (χ1n) is 8.04. The van der Waals surface area contributed by atoms with Crippen LogP contribution in [0.2, 0.25) is 0 Å². The summed E-state index contributed by atoms with van der Waals surface area (Å²) in [4.78, 5) is 20.2. The van der Waals surface area contributed by atoms with Crippen LogP contribution < -0.4 is 9.64 Å². The summed E-state index contributed by atoms with van der Waals surface area (Å²) in [5.41, 5.74) is 0.515. The number of nitriles is 1. The van der Waals surface area contributed by atoms with Crippen LogP contribution >= 0.6 is 15.9 Å². The van der Waals surface area contributed by atoms with E-state index in [2.05, 4.69) is 27.0 Å². The van der Waals surface area contributed by atoms with Gasteiger partial charge in [-0.3, -0.25) is 4.79 Å². The van der Waals surface area contributed by atoms with Crippen molar-refractivity contribution in [1.82, 2.24) is 9.88 Å². The van der Waals surface area contributed by atoms with Gasteiger partial charge in [0.25, 0.3) is 5.91 Å². The molecule has 0 saturated carbocycles. The lowest BCUT2D eigenvalue weighted by Crippen LogP contribution is -2.50. The number of benzene rings is 1. The third kappa shape index (κ3) is 4.11. The summed E-state index contributed by atoms with van der Waals surface area (Å²) in [5, 5.41) is 9.18. The summed E-state index contributed by atoms with van der Waals surface area (Å²) in [5.74, 6) is -0.0349. The maximum absolute atomic E-state index is 13.7. The molecular formula is C18H16BrFN4O2. The van der Waals surface area contributed by atoms with Gasteiger partial charge in [0.15, 0.2) is 18.2 Å². The fourth-order valence-electron chi connectivity index (χ4n) is 2.73. The molecule has 0 N–H and O–H groups in total. The van der Waals surface area contributed by atoms with Crippen LogP contribution in [0.15, 0.2) is 41.0 Å². The Balaban J connectivity index is 1.54. The van der Waals surface area contributed by atoms with Crippen LogP contribution in [-0.4, -0.2) is 48.6 Å². The number of amides is 1. The second-order valence-corrected chi connectivity index (χ2v) is 6.63. The van der Waals surface area contributed by atoms with E-state index in [1.807, 2.05) is 4.90 Å². The lowest BCUT2D eigenvalue weighted by atomic mass is 10.2. The van der Waals surface area contributed by atoms with E-state index in [0.29, 0.717) is 42.0 Å². The van der Waals surface area contributed by atoms with Crippen LogP contribution in [0.3, 0.4) is 0 Å².